The van der Waals surface area contributed by atoms with Crippen LogP contribution in [0, 0.1) is 0 Å². The van der Waals surface area contributed by atoms with E-state index < -0.39 is 0 Å². The first-order valence-electron chi connectivity index (χ1n) is 16.0. The van der Waals surface area contributed by atoms with Crippen molar-refractivity contribution < 1.29 is 23.7 Å². The largest absolute Gasteiger partial charge is 0.494 e. The highest BCUT2D eigenvalue weighted by Crippen LogP contribution is 2.34. The molecule has 41 heavy (non-hydrogen) atoms. The number of morpholine rings is 2. The Hall–Kier alpha value is -2.32. The molecule has 2 fully saturated rings. The monoisotopic (exact) mass is 568 g/mol. The molecule has 228 valence electrons. The van der Waals surface area contributed by atoms with Crippen LogP contribution in [0.15, 0.2) is 36.4 Å². The van der Waals surface area contributed by atoms with Crippen molar-refractivity contribution in [1.29, 1.82) is 0 Å². The van der Waals surface area contributed by atoms with E-state index in [-0.39, 0.29) is 0 Å². The van der Waals surface area contributed by atoms with Crippen molar-refractivity contribution in [2.75, 3.05) is 78.9 Å². The summed E-state index contributed by atoms with van der Waals surface area (Å²) in [6.45, 7) is 15.4. The number of hydrogen-bond donors (Lipinski definition) is 0. The SMILES string of the molecule is CCCCOc1ccc(Oc2ccc(OCCCC)cc2CCCN2CCOCC2)c(CCCN2CCOCC2)c1. The van der Waals surface area contributed by atoms with Gasteiger partial charge in [-0.2, -0.15) is 0 Å². The minimum atomic E-state index is 0.747. The van der Waals surface area contributed by atoms with Crippen molar-refractivity contribution in [3.8, 4) is 23.0 Å². The number of benzene rings is 2. The van der Waals surface area contributed by atoms with Crippen molar-refractivity contribution in [1.82, 2.24) is 9.80 Å². The molecule has 0 radical (unpaired) electrons. The molecule has 0 atom stereocenters. The van der Waals surface area contributed by atoms with Gasteiger partial charge in [0.1, 0.15) is 23.0 Å². The zero-order valence-electron chi connectivity index (χ0n) is 25.5. The third-order valence-corrected chi connectivity index (χ3v) is 7.87. The highest BCUT2D eigenvalue weighted by atomic mass is 16.5. The number of aryl methyl sites for hydroxylation is 2. The van der Waals surface area contributed by atoms with Crippen molar-refractivity contribution in [2.45, 2.75) is 65.2 Å². The Balaban J connectivity index is 1.47. The summed E-state index contributed by atoms with van der Waals surface area (Å²) < 4.78 is 29.9. The zero-order chi connectivity index (χ0) is 28.5. The van der Waals surface area contributed by atoms with E-state index in [0.717, 1.165) is 153 Å². The molecule has 0 spiro atoms. The molecule has 2 aliphatic heterocycles. The van der Waals surface area contributed by atoms with Gasteiger partial charge in [-0.05, 0) is 99.1 Å². The number of rotatable bonds is 18. The Bertz CT molecular complexity index is 925. The molecule has 7 heteroatoms. The summed E-state index contributed by atoms with van der Waals surface area (Å²) >= 11 is 0. The predicted octanol–water partition coefficient (Wildman–Crippen LogP) is 6.37. The summed E-state index contributed by atoms with van der Waals surface area (Å²) in [6.07, 6.45) is 8.41. The van der Waals surface area contributed by atoms with E-state index in [1.54, 1.807) is 0 Å². The minimum absolute atomic E-state index is 0.747. The van der Waals surface area contributed by atoms with E-state index >= 15 is 0 Å². The Kier molecular flexibility index (Phi) is 14.1. The maximum absolute atomic E-state index is 6.71. The average Bonchev–Trinajstić information content (AvgIpc) is 3.01. The highest BCUT2D eigenvalue weighted by Gasteiger charge is 2.15. The van der Waals surface area contributed by atoms with Crippen LogP contribution in [0.2, 0.25) is 0 Å². The molecule has 2 aromatic carbocycles. The van der Waals surface area contributed by atoms with Crippen molar-refractivity contribution in [3.05, 3.63) is 47.5 Å². The second-order valence-corrected chi connectivity index (χ2v) is 11.2. The molecule has 2 aliphatic rings. The fourth-order valence-corrected chi connectivity index (χ4v) is 5.30. The smallest absolute Gasteiger partial charge is 0.130 e. The van der Waals surface area contributed by atoms with E-state index in [9.17, 15) is 0 Å². The molecule has 0 N–H and O–H groups in total. The van der Waals surface area contributed by atoms with Gasteiger partial charge >= 0.3 is 0 Å². The van der Waals surface area contributed by atoms with Gasteiger partial charge in [-0.15, -0.1) is 0 Å². The van der Waals surface area contributed by atoms with E-state index in [4.69, 9.17) is 23.7 Å². The van der Waals surface area contributed by atoms with Crippen LogP contribution in [-0.2, 0) is 22.3 Å². The molecule has 2 heterocycles. The number of unbranched alkanes of at least 4 members (excludes halogenated alkanes) is 2. The second kappa shape index (κ2) is 18.3. The van der Waals surface area contributed by atoms with Gasteiger partial charge in [-0.3, -0.25) is 9.80 Å². The van der Waals surface area contributed by atoms with Gasteiger partial charge in [0.15, 0.2) is 0 Å². The van der Waals surface area contributed by atoms with Gasteiger partial charge in [-0.25, -0.2) is 0 Å². The normalized spacial score (nSPS) is 16.5. The van der Waals surface area contributed by atoms with Crippen LogP contribution >= 0.6 is 0 Å². The first-order chi connectivity index (χ1) is 20.2. The summed E-state index contributed by atoms with van der Waals surface area (Å²) in [7, 11) is 0. The number of ether oxygens (including phenoxy) is 5. The fraction of sp³-hybridized carbons (Fsp3) is 0.647. The highest BCUT2D eigenvalue weighted by molar-refractivity contribution is 5.47. The van der Waals surface area contributed by atoms with E-state index in [0.29, 0.717) is 0 Å². The average molecular weight is 569 g/mol. The first-order valence-corrected chi connectivity index (χ1v) is 16.0. The Morgan fingerprint density at radius 3 is 1.46 bits per heavy atom. The molecule has 7 nitrogen and oxygen atoms in total. The van der Waals surface area contributed by atoms with Gasteiger partial charge in [0.25, 0.3) is 0 Å². The molecule has 2 aromatic rings. The Morgan fingerprint density at radius 1 is 0.610 bits per heavy atom. The molecule has 0 aliphatic carbocycles. The quantitative estimate of drug-likeness (QED) is 0.194. The van der Waals surface area contributed by atoms with Gasteiger partial charge in [0.2, 0.25) is 0 Å². The first kappa shape index (κ1) is 31.6. The lowest BCUT2D eigenvalue weighted by molar-refractivity contribution is 0.0374. The Labute approximate surface area is 248 Å². The summed E-state index contributed by atoms with van der Waals surface area (Å²) in [6, 6.07) is 12.7. The molecule has 4 rings (SSSR count). The maximum atomic E-state index is 6.71. The summed E-state index contributed by atoms with van der Waals surface area (Å²) in [4.78, 5) is 4.99. The lowest BCUT2D eigenvalue weighted by Gasteiger charge is -2.26. The number of nitrogens with zero attached hydrogens (tertiary/aromatic N) is 2. The van der Waals surface area contributed by atoms with Crippen molar-refractivity contribution >= 4 is 0 Å². The van der Waals surface area contributed by atoms with E-state index in [1.165, 1.54) is 11.1 Å². The summed E-state index contributed by atoms with van der Waals surface area (Å²) in [5.41, 5.74) is 2.41. The summed E-state index contributed by atoms with van der Waals surface area (Å²) in [5, 5.41) is 0. The molecule has 2 saturated heterocycles. The fourth-order valence-electron chi connectivity index (χ4n) is 5.30. The standard InChI is InChI=1S/C34H52N2O5/c1-3-5-21-39-31-11-13-33(29(27-31)9-7-15-35-17-23-37-24-18-35)41-34-14-12-32(40-22-6-4-2)28-30(34)10-8-16-36-19-25-38-26-20-36/h11-14,27-28H,3-10,15-26H2,1-2H3. The van der Waals surface area contributed by atoms with E-state index in [1.807, 2.05) is 0 Å². The Morgan fingerprint density at radius 2 is 1.05 bits per heavy atom. The van der Waals surface area contributed by atoms with E-state index in [2.05, 4.69) is 60.0 Å². The maximum Gasteiger partial charge on any atom is 0.130 e. The zero-order valence-corrected chi connectivity index (χ0v) is 25.5. The lowest BCUT2D eigenvalue weighted by Crippen LogP contribution is -2.36. The lowest BCUT2D eigenvalue weighted by atomic mass is 10.1. The second-order valence-electron chi connectivity index (χ2n) is 11.2. The van der Waals surface area contributed by atoms with Crippen molar-refractivity contribution in [3.63, 3.8) is 0 Å². The number of hydrogen-bond acceptors (Lipinski definition) is 7. The van der Waals surface area contributed by atoms with Crippen LogP contribution in [0.3, 0.4) is 0 Å². The van der Waals surface area contributed by atoms with Crippen LogP contribution in [0.4, 0.5) is 0 Å². The molecule has 0 aromatic heterocycles. The van der Waals surface area contributed by atoms with Gasteiger partial charge in [0, 0.05) is 26.2 Å². The van der Waals surface area contributed by atoms with Crippen LogP contribution in [0.25, 0.3) is 0 Å². The summed E-state index contributed by atoms with van der Waals surface area (Å²) in [5.74, 6) is 3.70. The van der Waals surface area contributed by atoms with Gasteiger partial charge in [0.05, 0.1) is 39.6 Å². The van der Waals surface area contributed by atoms with Gasteiger partial charge in [-0.1, -0.05) is 26.7 Å². The minimum Gasteiger partial charge on any atom is -0.494 e. The van der Waals surface area contributed by atoms with Crippen LogP contribution in [0.1, 0.15) is 63.5 Å². The van der Waals surface area contributed by atoms with Gasteiger partial charge < -0.3 is 23.7 Å². The molecular formula is C34H52N2O5. The third-order valence-electron chi connectivity index (χ3n) is 7.87. The van der Waals surface area contributed by atoms with Crippen molar-refractivity contribution in [2.24, 2.45) is 0 Å². The van der Waals surface area contributed by atoms with Crippen LogP contribution < -0.4 is 14.2 Å². The molecular weight excluding hydrogens is 516 g/mol. The molecule has 0 saturated carbocycles. The molecule has 0 bridgehead atoms. The van der Waals surface area contributed by atoms with Crippen LogP contribution in [-0.4, -0.2) is 88.7 Å². The predicted molar refractivity (Wildman–Crippen MR) is 165 cm³/mol. The molecule has 0 unspecified atom stereocenters. The van der Waals surface area contributed by atoms with Crippen LogP contribution in [0.5, 0.6) is 23.0 Å². The molecule has 0 amide bonds. The third kappa shape index (κ3) is 11.1. The topological polar surface area (TPSA) is 52.6 Å².